The topological polar surface area (TPSA) is 62.2 Å². The van der Waals surface area contributed by atoms with Gasteiger partial charge in [0, 0.05) is 22.5 Å². The van der Waals surface area contributed by atoms with Gasteiger partial charge in [-0.15, -0.1) is 11.3 Å². The van der Waals surface area contributed by atoms with Crippen LogP contribution in [-0.2, 0) is 6.54 Å². The zero-order valence-corrected chi connectivity index (χ0v) is 10.1. The fourth-order valence-corrected chi connectivity index (χ4v) is 2.31. The van der Waals surface area contributed by atoms with Crippen molar-refractivity contribution in [2.75, 3.05) is 5.32 Å². The predicted octanol–water partition coefficient (Wildman–Crippen LogP) is 2.76. The van der Waals surface area contributed by atoms with Gasteiger partial charge < -0.3 is 10.4 Å². The summed E-state index contributed by atoms with van der Waals surface area (Å²) >= 11 is 1.69. The van der Waals surface area contributed by atoms with Crippen molar-refractivity contribution in [2.45, 2.75) is 13.5 Å². The molecule has 4 nitrogen and oxygen atoms in total. The van der Waals surface area contributed by atoms with E-state index in [-0.39, 0.29) is 5.69 Å². The quantitative estimate of drug-likeness (QED) is 0.873. The number of hydrogen-bond acceptors (Lipinski definition) is 4. The van der Waals surface area contributed by atoms with E-state index in [1.165, 1.54) is 16.0 Å². The van der Waals surface area contributed by atoms with Crippen LogP contribution in [0.3, 0.4) is 0 Å². The third kappa shape index (κ3) is 2.82. The monoisotopic (exact) mass is 248 g/mol. The summed E-state index contributed by atoms with van der Waals surface area (Å²) in [7, 11) is 0. The number of nitrogens with zero attached hydrogens (tertiary/aromatic N) is 1. The highest BCUT2D eigenvalue weighted by Crippen LogP contribution is 2.18. The third-order valence-corrected chi connectivity index (χ3v) is 3.26. The molecule has 0 fully saturated rings. The number of aryl methyl sites for hydroxylation is 1. The number of aromatic nitrogens is 1. The molecule has 0 aliphatic heterocycles. The van der Waals surface area contributed by atoms with Crippen LogP contribution in [-0.4, -0.2) is 16.1 Å². The first kappa shape index (κ1) is 11.6. The summed E-state index contributed by atoms with van der Waals surface area (Å²) in [5.74, 6) is -1.02. The highest BCUT2D eigenvalue weighted by atomic mass is 32.1. The lowest BCUT2D eigenvalue weighted by Gasteiger charge is -2.06. The third-order valence-electron chi connectivity index (χ3n) is 2.26. The average Bonchev–Trinajstić information content (AvgIpc) is 2.73. The van der Waals surface area contributed by atoms with Crippen molar-refractivity contribution in [1.82, 2.24) is 4.98 Å². The molecule has 88 valence electrons. The molecule has 2 rings (SSSR count). The van der Waals surface area contributed by atoms with Gasteiger partial charge in [-0.3, -0.25) is 0 Å². The molecule has 0 unspecified atom stereocenters. The van der Waals surface area contributed by atoms with E-state index in [0.717, 1.165) is 0 Å². The Labute approximate surface area is 103 Å². The molecule has 2 N–H and O–H groups in total. The lowest BCUT2D eigenvalue weighted by atomic mass is 10.3. The SMILES string of the molecule is Cc1ccc(CNc2cccnc2C(=O)O)s1. The van der Waals surface area contributed by atoms with Gasteiger partial charge in [0.25, 0.3) is 0 Å². The molecule has 0 bridgehead atoms. The summed E-state index contributed by atoms with van der Waals surface area (Å²) in [4.78, 5) is 17.2. The van der Waals surface area contributed by atoms with Crippen molar-refractivity contribution >= 4 is 23.0 Å². The minimum atomic E-state index is -1.02. The summed E-state index contributed by atoms with van der Waals surface area (Å²) in [6.07, 6.45) is 1.48. The van der Waals surface area contributed by atoms with Crippen molar-refractivity contribution < 1.29 is 9.90 Å². The van der Waals surface area contributed by atoms with E-state index in [9.17, 15) is 4.79 Å². The number of aromatic carboxylic acids is 1. The highest BCUT2D eigenvalue weighted by Gasteiger charge is 2.10. The number of nitrogens with one attached hydrogen (secondary N) is 1. The molecule has 0 aliphatic carbocycles. The van der Waals surface area contributed by atoms with Gasteiger partial charge >= 0.3 is 5.97 Å². The normalized spacial score (nSPS) is 10.2. The largest absolute Gasteiger partial charge is 0.476 e. The lowest BCUT2D eigenvalue weighted by molar-refractivity contribution is 0.0691. The first-order valence-electron chi connectivity index (χ1n) is 5.14. The number of carbonyl (C=O) groups is 1. The van der Waals surface area contributed by atoms with Gasteiger partial charge in [-0.2, -0.15) is 0 Å². The first-order valence-corrected chi connectivity index (χ1v) is 5.96. The molecule has 0 spiro atoms. The summed E-state index contributed by atoms with van der Waals surface area (Å²) in [6.45, 7) is 2.66. The minimum Gasteiger partial charge on any atom is -0.476 e. The molecule has 0 radical (unpaired) electrons. The van der Waals surface area contributed by atoms with E-state index >= 15 is 0 Å². The average molecular weight is 248 g/mol. The zero-order chi connectivity index (χ0) is 12.3. The van der Waals surface area contributed by atoms with Gasteiger partial charge in [-0.05, 0) is 31.2 Å². The van der Waals surface area contributed by atoms with Gasteiger partial charge in [0.15, 0.2) is 5.69 Å². The van der Waals surface area contributed by atoms with E-state index in [4.69, 9.17) is 5.11 Å². The Morgan fingerprint density at radius 3 is 2.94 bits per heavy atom. The fourth-order valence-electron chi connectivity index (χ4n) is 1.48. The Hall–Kier alpha value is -1.88. The molecular weight excluding hydrogens is 236 g/mol. The van der Waals surface area contributed by atoms with Crippen molar-refractivity contribution in [3.8, 4) is 0 Å². The standard InChI is InChI=1S/C12H12N2O2S/c1-8-4-5-9(17-8)7-14-10-3-2-6-13-11(10)12(15)16/h2-6,14H,7H2,1H3,(H,15,16). The smallest absolute Gasteiger partial charge is 0.356 e. The zero-order valence-electron chi connectivity index (χ0n) is 9.30. The van der Waals surface area contributed by atoms with Crippen molar-refractivity contribution in [3.63, 3.8) is 0 Å². The second-order valence-electron chi connectivity index (χ2n) is 3.57. The van der Waals surface area contributed by atoms with Crippen molar-refractivity contribution in [2.24, 2.45) is 0 Å². The van der Waals surface area contributed by atoms with Crippen LogP contribution < -0.4 is 5.32 Å². The summed E-state index contributed by atoms with van der Waals surface area (Å²) in [5, 5.41) is 12.1. The molecule has 17 heavy (non-hydrogen) atoms. The van der Waals surface area contributed by atoms with Gasteiger partial charge in [-0.25, -0.2) is 9.78 Å². The second kappa shape index (κ2) is 4.97. The molecule has 0 aliphatic rings. The van der Waals surface area contributed by atoms with Gasteiger partial charge in [0.1, 0.15) is 0 Å². The van der Waals surface area contributed by atoms with E-state index in [1.807, 2.05) is 19.1 Å². The number of thiophene rings is 1. The molecule has 0 aromatic carbocycles. The maximum atomic E-state index is 10.9. The maximum Gasteiger partial charge on any atom is 0.356 e. The minimum absolute atomic E-state index is 0.0563. The first-order chi connectivity index (χ1) is 8.16. The van der Waals surface area contributed by atoms with Crippen LogP contribution >= 0.6 is 11.3 Å². The molecule has 2 aromatic heterocycles. The fraction of sp³-hybridized carbons (Fsp3) is 0.167. The number of carboxylic acids is 1. The van der Waals surface area contributed by atoms with Crippen LogP contribution in [0.25, 0.3) is 0 Å². The molecular formula is C12H12N2O2S. The molecule has 0 saturated heterocycles. The Morgan fingerprint density at radius 2 is 2.29 bits per heavy atom. The number of carboxylic acid groups (broad SMARTS) is 1. The maximum absolute atomic E-state index is 10.9. The van der Waals surface area contributed by atoms with Crippen LogP contribution in [0.15, 0.2) is 30.5 Å². The van der Waals surface area contributed by atoms with Crippen LogP contribution in [0.2, 0.25) is 0 Å². The lowest BCUT2D eigenvalue weighted by Crippen LogP contribution is -2.07. The Morgan fingerprint density at radius 1 is 1.47 bits per heavy atom. The Bertz CT molecular complexity index is 537. The molecule has 5 heteroatoms. The molecule has 2 heterocycles. The van der Waals surface area contributed by atoms with Crippen LogP contribution in [0.5, 0.6) is 0 Å². The Balaban J connectivity index is 2.11. The van der Waals surface area contributed by atoms with E-state index in [0.29, 0.717) is 12.2 Å². The Kier molecular flexibility index (Phi) is 3.39. The highest BCUT2D eigenvalue weighted by molar-refractivity contribution is 7.11. The van der Waals surface area contributed by atoms with E-state index in [2.05, 4.69) is 10.3 Å². The summed E-state index contributed by atoms with van der Waals surface area (Å²) < 4.78 is 0. The molecule has 0 saturated carbocycles. The van der Waals surface area contributed by atoms with E-state index in [1.54, 1.807) is 23.5 Å². The van der Waals surface area contributed by atoms with Crippen molar-refractivity contribution in [1.29, 1.82) is 0 Å². The van der Waals surface area contributed by atoms with Crippen molar-refractivity contribution in [3.05, 3.63) is 45.9 Å². The number of rotatable bonds is 4. The van der Waals surface area contributed by atoms with Crippen LogP contribution in [0.1, 0.15) is 20.2 Å². The predicted molar refractivity (Wildman–Crippen MR) is 67.6 cm³/mol. The van der Waals surface area contributed by atoms with Gasteiger partial charge in [0.2, 0.25) is 0 Å². The second-order valence-corrected chi connectivity index (χ2v) is 4.94. The molecule has 0 atom stereocenters. The van der Waals surface area contributed by atoms with E-state index < -0.39 is 5.97 Å². The van der Waals surface area contributed by atoms with Crippen LogP contribution in [0.4, 0.5) is 5.69 Å². The number of anilines is 1. The van der Waals surface area contributed by atoms with Crippen LogP contribution in [0, 0.1) is 6.92 Å². The number of hydrogen-bond donors (Lipinski definition) is 2. The molecule has 2 aromatic rings. The summed E-state index contributed by atoms with van der Waals surface area (Å²) in [6, 6.07) is 7.51. The number of pyridine rings is 1. The van der Waals surface area contributed by atoms with Gasteiger partial charge in [0.05, 0.1) is 5.69 Å². The summed E-state index contributed by atoms with van der Waals surface area (Å²) in [5.41, 5.74) is 0.604. The molecule has 0 amide bonds. The van der Waals surface area contributed by atoms with Gasteiger partial charge in [-0.1, -0.05) is 0 Å².